The van der Waals surface area contributed by atoms with Gasteiger partial charge < -0.3 is 9.84 Å². The molecule has 0 heterocycles. The van der Waals surface area contributed by atoms with E-state index in [9.17, 15) is 5.11 Å². The van der Waals surface area contributed by atoms with Gasteiger partial charge >= 0.3 is 0 Å². The molecule has 0 fully saturated rings. The van der Waals surface area contributed by atoms with Crippen molar-refractivity contribution in [2.45, 2.75) is 24.9 Å². The van der Waals surface area contributed by atoms with Gasteiger partial charge in [0.1, 0.15) is 5.75 Å². The van der Waals surface area contributed by atoms with Gasteiger partial charge in [-0.1, -0.05) is 36.4 Å². The topological polar surface area (TPSA) is 29.5 Å². The Balaban J connectivity index is 1.90. The van der Waals surface area contributed by atoms with Crippen molar-refractivity contribution in [3.05, 3.63) is 65.2 Å². The van der Waals surface area contributed by atoms with E-state index in [0.29, 0.717) is 0 Å². The van der Waals surface area contributed by atoms with Crippen LogP contribution in [0.4, 0.5) is 0 Å². The molecule has 2 heteroatoms. The van der Waals surface area contributed by atoms with E-state index in [2.05, 4.69) is 18.2 Å². The summed E-state index contributed by atoms with van der Waals surface area (Å²) >= 11 is 0. The molecule has 0 aromatic heterocycles. The molecule has 2 aromatic carbocycles. The number of hydrogen-bond acceptors (Lipinski definition) is 2. The Hall–Kier alpha value is -1.80. The maximum atomic E-state index is 10.6. The molecule has 0 amide bonds. The Kier molecular flexibility index (Phi) is 3.26. The van der Waals surface area contributed by atoms with Crippen LogP contribution < -0.4 is 4.74 Å². The molecule has 2 nitrogen and oxygen atoms in total. The summed E-state index contributed by atoms with van der Waals surface area (Å²) in [7, 11) is 1.67. The number of methoxy groups -OCH3 is 1. The zero-order valence-corrected chi connectivity index (χ0v) is 11.0. The summed E-state index contributed by atoms with van der Waals surface area (Å²) in [4.78, 5) is 0. The number of fused-ring (bicyclic) bond motifs is 1. The normalized spacial score (nSPS) is 21.8. The van der Waals surface area contributed by atoms with E-state index in [-0.39, 0.29) is 5.92 Å². The van der Waals surface area contributed by atoms with Crippen LogP contribution in [-0.4, -0.2) is 12.2 Å². The van der Waals surface area contributed by atoms with Gasteiger partial charge in [0, 0.05) is 5.92 Å². The van der Waals surface area contributed by atoms with E-state index in [1.165, 1.54) is 11.1 Å². The van der Waals surface area contributed by atoms with E-state index in [1.54, 1.807) is 7.11 Å². The van der Waals surface area contributed by atoms with Crippen LogP contribution in [0, 0.1) is 0 Å². The summed E-state index contributed by atoms with van der Waals surface area (Å²) in [6.45, 7) is 0. The fourth-order valence-corrected chi connectivity index (χ4v) is 2.94. The van der Waals surface area contributed by atoms with Crippen LogP contribution in [0.5, 0.6) is 5.75 Å². The highest BCUT2D eigenvalue weighted by molar-refractivity contribution is 5.37. The number of benzene rings is 2. The van der Waals surface area contributed by atoms with Crippen molar-refractivity contribution in [3.63, 3.8) is 0 Å². The van der Waals surface area contributed by atoms with Gasteiger partial charge in [0.2, 0.25) is 0 Å². The molecule has 1 aliphatic rings. The maximum Gasteiger partial charge on any atom is 0.118 e. The van der Waals surface area contributed by atoms with Gasteiger partial charge in [0.05, 0.1) is 13.2 Å². The van der Waals surface area contributed by atoms with E-state index in [1.807, 2.05) is 30.3 Å². The van der Waals surface area contributed by atoms with Crippen molar-refractivity contribution in [1.29, 1.82) is 0 Å². The Morgan fingerprint density at radius 2 is 1.79 bits per heavy atom. The van der Waals surface area contributed by atoms with Gasteiger partial charge in [-0.3, -0.25) is 0 Å². The lowest BCUT2D eigenvalue weighted by molar-refractivity contribution is 0.131. The van der Waals surface area contributed by atoms with Crippen molar-refractivity contribution in [2.75, 3.05) is 7.11 Å². The zero-order valence-electron chi connectivity index (χ0n) is 11.0. The molecule has 2 aromatic rings. The van der Waals surface area contributed by atoms with Crippen molar-refractivity contribution in [1.82, 2.24) is 0 Å². The van der Waals surface area contributed by atoms with Gasteiger partial charge in [-0.15, -0.1) is 0 Å². The van der Waals surface area contributed by atoms with E-state index < -0.39 is 6.10 Å². The van der Waals surface area contributed by atoms with Crippen LogP contribution in [0.25, 0.3) is 0 Å². The van der Waals surface area contributed by atoms with Crippen LogP contribution in [0.2, 0.25) is 0 Å². The molecule has 1 aliphatic carbocycles. The fourth-order valence-electron chi connectivity index (χ4n) is 2.94. The lowest BCUT2D eigenvalue weighted by Gasteiger charge is -2.30. The third-order valence-electron chi connectivity index (χ3n) is 4.02. The van der Waals surface area contributed by atoms with Gasteiger partial charge in [0.25, 0.3) is 0 Å². The highest BCUT2D eigenvalue weighted by atomic mass is 16.5. The molecule has 0 aliphatic heterocycles. The first-order valence-corrected chi connectivity index (χ1v) is 6.69. The summed E-state index contributed by atoms with van der Waals surface area (Å²) in [5.41, 5.74) is 3.54. The summed E-state index contributed by atoms with van der Waals surface area (Å²) in [5, 5.41) is 10.6. The predicted molar refractivity (Wildman–Crippen MR) is 75.5 cm³/mol. The molecule has 2 atom stereocenters. The van der Waals surface area contributed by atoms with Crippen LogP contribution in [-0.2, 0) is 6.42 Å². The molecule has 98 valence electrons. The fraction of sp³-hybridized carbons (Fsp3) is 0.294. The number of aryl methyl sites for hydroxylation is 1. The molecule has 0 bridgehead atoms. The molecular weight excluding hydrogens is 236 g/mol. The molecule has 0 saturated carbocycles. The van der Waals surface area contributed by atoms with Crippen molar-refractivity contribution >= 4 is 0 Å². The van der Waals surface area contributed by atoms with Crippen LogP contribution in [0.3, 0.4) is 0 Å². The Morgan fingerprint density at radius 3 is 2.53 bits per heavy atom. The standard InChI is InChI=1S/C17H18O2/c1-19-14-9-6-13(7-10-14)16-11-8-12-4-2-3-5-15(12)17(16)18/h2-7,9-10,16-18H,8,11H2,1H3/t16-,17-/m0/s1. The van der Waals surface area contributed by atoms with E-state index in [4.69, 9.17) is 4.74 Å². The molecule has 19 heavy (non-hydrogen) atoms. The molecule has 3 rings (SSSR count). The average Bonchev–Trinajstić information content (AvgIpc) is 2.48. The first kappa shape index (κ1) is 12.2. The van der Waals surface area contributed by atoms with Gasteiger partial charge in [0.15, 0.2) is 0 Å². The second kappa shape index (κ2) is 5.06. The lowest BCUT2D eigenvalue weighted by Crippen LogP contribution is -2.18. The largest absolute Gasteiger partial charge is 0.497 e. The van der Waals surface area contributed by atoms with Crippen molar-refractivity contribution < 1.29 is 9.84 Å². The number of rotatable bonds is 2. The number of aliphatic hydroxyl groups excluding tert-OH is 1. The van der Waals surface area contributed by atoms with E-state index in [0.717, 1.165) is 24.2 Å². The molecule has 0 saturated heterocycles. The van der Waals surface area contributed by atoms with Gasteiger partial charge in [-0.2, -0.15) is 0 Å². The molecular formula is C17H18O2. The smallest absolute Gasteiger partial charge is 0.118 e. The Labute approximate surface area is 113 Å². The number of ether oxygens (including phenoxy) is 1. The summed E-state index contributed by atoms with van der Waals surface area (Å²) in [5.74, 6) is 1.04. The molecule has 0 spiro atoms. The third kappa shape index (κ3) is 2.24. The van der Waals surface area contributed by atoms with Crippen LogP contribution >= 0.6 is 0 Å². The SMILES string of the molecule is COc1ccc([C@@H]2CCc3ccccc3[C@@H]2O)cc1. The third-order valence-corrected chi connectivity index (χ3v) is 4.02. The minimum atomic E-state index is -0.404. The quantitative estimate of drug-likeness (QED) is 0.889. The number of aliphatic hydroxyl groups is 1. The van der Waals surface area contributed by atoms with Crippen molar-refractivity contribution in [3.8, 4) is 5.75 Å². The Bertz CT molecular complexity index is 560. The van der Waals surface area contributed by atoms with Gasteiger partial charge in [-0.25, -0.2) is 0 Å². The Morgan fingerprint density at radius 1 is 1.05 bits per heavy atom. The average molecular weight is 254 g/mol. The number of hydrogen-bond donors (Lipinski definition) is 1. The van der Waals surface area contributed by atoms with Gasteiger partial charge in [-0.05, 0) is 41.7 Å². The van der Waals surface area contributed by atoms with E-state index >= 15 is 0 Å². The molecule has 1 N–H and O–H groups in total. The summed E-state index contributed by atoms with van der Waals surface area (Å²) in [6, 6.07) is 16.2. The summed E-state index contributed by atoms with van der Waals surface area (Å²) < 4.78 is 5.18. The second-order valence-electron chi connectivity index (χ2n) is 5.06. The first-order valence-electron chi connectivity index (χ1n) is 6.69. The van der Waals surface area contributed by atoms with Crippen LogP contribution in [0.1, 0.15) is 35.1 Å². The van der Waals surface area contributed by atoms with Crippen LogP contribution in [0.15, 0.2) is 48.5 Å². The first-order chi connectivity index (χ1) is 9.29. The minimum absolute atomic E-state index is 0.181. The second-order valence-corrected chi connectivity index (χ2v) is 5.06. The minimum Gasteiger partial charge on any atom is -0.497 e. The highest BCUT2D eigenvalue weighted by Gasteiger charge is 2.28. The lowest BCUT2D eigenvalue weighted by atomic mass is 9.78. The zero-order chi connectivity index (χ0) is 13.2. The van der Waals surface area contributed by atoms with Crippen molar-refractivity contribution in [2.24, 2.45) is 0 Å². The monoisotopic (exact) mass is 254 g/mol. The highest BCUT2D eigenvalue weighted by Crippen LogP contribution is 2.40. The molecule has 0 unspecified atom stereocenters. The maximum absolute atomic E-state index is 10.6. The summed E-state index contributed by atoms with van der Waals surface area (Å²) in [6.07, 6.45) is 1.62. The molecule has 0 radical (unpaired) electrons. The predicted octanol–water partition coefficient (Wildman–Crippen LogP) is 3.46.